The molecule has 2 aromatic carbocycles. The monoisotopic (exact) mass is 434 g/mol. The van der Waals surface area contributed by atoms with Gasteiger partial charge in [0.05, 0.1) is 12.5 Å². The second-order valence-corrected chi connectivity index (χ2v) is 8.11. The number of Topliss-reactive ketones (excluding diaryl/α,β-unsaturated/α-hetero) is 1. The Balaban J connectivity index is 1.35. The highest BCUT2D eigenvalue weighted by atomic mass is 16.5. The third kappa shape index (κ3) is 4.89. The summed E-state index contributed by atoms with van der Waals surface area (Å²) in [5.74, 6) is 0.241. The van der Waals surface area contributed by atoms with Crippen molar-refractivity contribution >= 4 is 22.7 Å². The number of fused-ring (bicyclic) bond motifs is 1. The zero-order valence-electron chi connectivity index (χ0n) is 18.2. The minimum Gasteiger partial charge on any atom is -0.497 e. The summed E-state index contributed by atoms with van der Waals surface area (Å²) >= 11 is 0. The predicted molar refractivity (Wildman–Crippen MR) is 121 cm³/mol. The van der Waals surface area contributed by atoms with Crippen LogP contribution in [-0.2, 0) is 6.54 Å². The highest BCUT2D eigenvalue weighted by Gasteiger charge is 2.22. The molecule has 1 saturated heterocycles. The van der Waals surface area contributed by atoms with Gasteiger partial charge in [0, 0.05) is 43.4 Å². The van der Waals surface area contributed by atoms with Gasteiger partial charge in [0.1, 0.15) is 11.3 Å². The van der Waals surface area contributed by atoms with E-state index in [0.29, 0.717) is 22.3 Å². The Labute approximate surface area is 186 Å². The fourth-order valence-corrected chi connectivity index (χ4v) is 3.97. The molecule has 0 aliphatic carbocycles. The summed E-state index contributed by atoms with van der Waals surface area (Å²) in [6.45, 7) is 4.06. The van der Waals surface area contributed by atoms with Crippen LogP contribution in [-0.4, -0.2) is 42.8 Å². The highest BCUT2D eigenvalue weighted by molar-refractivity contribution is 5.94. The average molecular weight is 434 g/mol. The van der Waals surface area contributed by atoms with Gasteiger partial charge in [0.25, 0.3) is 5.91 Å². The fourth-order valence-electron chi connectivity index (χ4n) is 3.97. The molecule has 0 bridgehead atoms. The molecule has 3 aromatic rings. The van der Waals surface area contributed by atoms with Gasteiger partial charge >= 0.3 is 0 Å². The molecule has 1 aliphatic heterocycles. The molecule has 0 atom stereocenters. The molecule has 1 amide bonds. The van der Waals surface area contributed by atoms with Crippen molar-refractivity contribution in [2.45, 2.75) is 32.4 Å². The number of nitrogens with one attached hydrogen (secondary N) is 1. The van der Waals surface area contributed by atoms with E-state index >= 15 is 0 Å². The molecule has 7 nitrogen and oxygen atoms in total. The first kappa shape index (κ1) is 21.8. The van der Waals surface area contributed by atoms with E-state index in [2.05, 4.69) is 10.2 Å². The maximum atomic E-state index is 12.7. The van der Waals surface area contributed by atoms with Crippen molar-refractivity contribution in [3.63, 3.8) is 0 Å². The van der Waals surface area contributed by atoms with E-state index in [-0.39, 0.29) is 28.9 Å². The number of carbonyl (C=O) groups excluding carboxylic acids is 2. The zero-order valence-corrected chi connectivity index (χ0v) is 18.2. The number of hydrogen-bond acceptors (Lipinski definition) is 6. The van der Waals surface area contributed by atoms with Crippen LogP contribution in [0, 0.1) is 0 Å². The van der Waals surface area contributed by atoms with Crippen LogP contribution >= 0.6 is 0 Å². The number of likely N-dealkylation sites (tertiary alicyclic amines) is 1. The number of ketones is 1. The van der Waals surface area contributed by atoms with E-state index in [9.17, 15) is 14.4 Å². The van der Waals surface area contributed by atoms with E-state index in [4.69, 9.17) is 9.15 Å². The smallest absolute Gasteiger partial charge is 0.287 e. The Hall–Kier alpha value is -3.45. The predicted octanol–water partition coefficient (Wildman–Crippen LogP) is 3.40. The van der Waals surface area contributed by atoms with Crippen molar-refractivity contribution in [3.8, 4) is 5.75 Å². The van der Waals surface area contributed by atoms with Gasteiger partial charge in [-0.3, -0.25) is 19.3 Å². The van der Waals surface area contributed by atoms with Crippen molar-refractivity contribution < 1.29 is 18.7 Å². The molecule has 0 unspecified atom stereocenters. The number of piperidine rings is 1. The molecule has 166 valence electrons. The zero-order chi connectivity index (χ0) is 22.7. The van der Waals surface area contributed by atoms with Crippen LogP contribution in [0.3, 0.4) is 0 Å². The summed E-state index contributed by atoms with van der Waals surface area (Å²) in [7, 11) is 1.53. The number of ether oxygens (including phenoxy) is 1. The van der Waals surface area contributed by atoms with Gasteiger partial charge in [-0.2, -0.15) is 0 Å². The summed E-state index contributed by atoms with van der Waals surface area (Å²) in [5, 5.41) is 3.40. The van der Waals surface area contributed by atoms with E-state index < -0.39 is 0 Å². The third-order valence-electron chi connectivity index (χ3n) is 5.85. The summed E-state index contributed by atoms with van der Waals surface area (Å²) in [4.78, 5) is 38.8. The average Bonchev–Trinajstić information content (AvgIpc) is 2.80. The molecular formula is C25H26N2O5. The maximum absolute atomic E-state index is 12.7. The number of hydrogen-bond donors (Lipinski definition) is 1. The Morgan fingerprint density at radius 3 is 2.47 bits per heavy atom. The van der Waals surface area contributed by atoms with E-state index in [1.165, 1.54) is 13.2 Å². The van der Waals surface area contributed by atoms with Crippen molar-refractivity contribution in [1.82, 2.24) is 10.2 Å². The van der Waals surface area contributed by atoms with Crippen LogP contribution in [0.2, 0.25) is 0 Å². The Kier molecular flexibility index (Phi) is 6.37. The molecule has 7 heteroatoms. The minimum atomic E-state index is -0.384. The first-order chi connectivity index (χ1) is 15.4. The summed E-state index contributed by atoms with van der Waals surface area (Å²) in [6.07, 6.45) is 1.62. The van der Waals surface area contributed by atoms with Gasteiger partial charge in [-0.15, -0.1) is 0 Å². The number of carbonyl (C=O) groups is 2. The van der Waals surface area contributed by atoms with Crippen LogP contribution in [0.15, 0.2) is 57.7 Å². The number of amides is 1. The molecule has 0 saturated carbocycles. The molecule has 1 aromatic heterocycles. The SMILES string of the molecule is COc1ccc2c(=O)cc(C(=O)NC3CCN(Cc4ccc(C(C)=O)cc4)CC3)oc2c1. The first-order valence-electron chi connectivity index (χ1n) is 10.7. The summed E-state index contributed by atoms with van der Waals surface area (Å²) < 4.78 is 10.9. The van der Waals surface area contributed by atoms with Gasteiger partial charge in [0.2, 0.25) is 0 Å². The Morgan fingerprint density at radius 2 is 1.81 bits per heavy atom. The standard InChI is InChI=1S/C25H26N2O5/c1-16(28)18-5-3-17(4-6-18)15-27-11-9-19(10-12-27)26-25(30)24-14-22(29)21-8-7-20(31-2)13-23(21)32-24/h3-8,13-14,19H,9-12,15H2,1-2H3,(H,26,30). The van der Waals surface area contributed by atoms with Gasteiger partial charge in [-0.05, 0) is 37.5 Å². The van der Waals surface area contributed by atoms with Crippen LogP contribution in [0.5, 0.6) is 5.75 Å². The van der Waals surface area contributed by atoms with E-state index in [1.807, 2.05) is 24.3 Å². The molecule has 0 spiro atoms. The number of benzene rings is 2. The van der Waals surface area contributed by atoms with Crippen molar-refractivity contribution in [2.75, 3.05) is 20.2 Å². The fraction of sp³-hybridized carbons (Fsp3) is 0.320. The lowest BCUT2D eigenvalue weighted by molar-refractivity contribution is 0.0881. The second-order valence-electron chi connectivity index (χ2n) is 8.11. The number of rotatable bonds is 6. The molecule has 0 radical (unpaired) electrons. The van der Waals surface area contributed by atoms with Gasteiger partial charge < -0.3 is 14.5 Å². The van der Waals surface area contributed by atoms with Crippen molar-refractivity contribution in [3.05, 3.63) is 75.6 Å². The summed E-state index contributed by atoms with van der Waals surface area (Å²) in [5.41, 5.74) is 1.94. The lowest BCUT2D eigenvalue weighted by Crippen LogP contribution is -2.44. The molecule has 32 heavy (non-hydrogen) atoms. The number of nitrogens with zero attached hydrogens (tertiary/aromatic N) is 1. The van der Waals surface area contributed by atoms with Crippen molar-refractivity contribution in [1.29, 1.82) is 0 Å². The van der Waals surface area contributed by atoms with Crippen LogP contribution < -0.4 is 15.5 Å². The second kappa shape index (κ2) is 9.36. The molecule has 1 fully saturated rings. The maximum Gasteiger partial charge on any atom is 0.287 e. The molecule has 2 heterocycles. The molecule has 4 rings (SSSR count). The van der Waals surface area contributed by atoms with E-state index in [1.54, 1.807) is 25.1 Å². The van der Waals surface area contributed by atoms with Gasteiger partial charge in [-0.1, -0.05) is 24.3 Å². The largest absolute Gasteiger partial charge is 0.497 e. The Bertz CT molecular complexity index is 1190. The van der Waals surface area contributed by atoms with Crippen LogP contribution in [0.1, 0.15) is 46.2 Å². The van der Waals surface area contributed by atoms with E-state index in [0.717, 1.165) is 38.0 Å². The quantitative estimate of drug-likeness (QED) is 0.598. The number of methoxy groups -OCH3 is 1. The van der Waals surface area contributed by atoms with Gasteiger partial charge in [0.15, 0.2) is 17.0 Å². The molecule has 1 N–H and O–H groups in total. The van der Waals surface area contributed by atoms with Crippen LogP contribution in [0.4, 0.5) is 0 Å². The minimum absolute atomic E-state index is 0.00347. The lowest BCUT2D eigenvalue weighted by Gasteiger charge is -2.32. The van der Waals surface area contributed by atoms with Gasteiger partial charge in [-0.25, -0.2) is 0 Å². The lowest BCUT2D eigenvalue weighted by atomic mass is 10.0. The Morgan fingerprint density at radius 1 is 1.09 bits per heavy atom. The van der Waals surface area contributed by atoms with Crippen molar-refractivity contribution in [2.24, 2.45) is 0 Å². The topological polar surface area (TPSA) is 88.9 Å². The summed E-state index contributed by atoms with van der Waals surface area (Å²) in [6, 6.07) is 13.9. The molecule has 1 aliphatic rings. The molecular weight excluding hydrogens is 408 g/mol. The normalized spacial score (nSPS) is 14.9. The third-order valence-corrected chi connectivity index (χ3v) is 5.85. The highest BCUT2D eigenvalue weighted by Crippen LogP contribution is 2.20. The first-order valence-corrected chi connectivity index (χ1v) is 10.7. The van der Waals surface area contributed by atoms with Crippen LogP contribution in [0.25, 0.3) is 11.0 Å².